The predicted octanol–water partition coefficient (Wildman–Crippen LogP) is 2.47. The van der Waals surface area contributed by atoms with Gasteiger partial charge in [-0.3, -0.25) is 4.79 Å². The number of urea groups is 1. The van der Waals surface area contributed by atoms with Gasteiger partial charge in [-0.25, -0.2) is 13.2 Å². The highest BCUT2D eigenvalue weighted by atomic mass is 32.2. The second kappa shape index (κ2) is 8.85. The van der Waals surface area contributed by atoms with Crippen LogP contribution in [0.1, 0.15) is 29.3 Å². The molecule has 0 radical (unpaired) electrons. The van der Waals surface area contributed by atoms with Crippen molar-refractivity contribution in [2.24, 2.45) is 5.73 Å². The maximum atomic E-state index is 12.9. The summed E-state index contributed by atoms with van der Waals surface area (Å²) in [6, 6.07) is 10.8. The zero-order valence-corrected chi connectivity index (χ0v) is 17.8. The van der Waals surface area contributed by atoms with Crippen molar-refractivity contribution < 1.29 is 18.0 Å². The molecule has 2 aromatic carbocycles. The normalized spacial score (nSPS) is 16.2. The van der Waals surface area contributed by atoms with Crippen LogP contribution in [0.2, 0.25) is 0 Å². The lowest BCUT2D eigenvalue weighted by Crippen LogP contribution is -2.45. The summed E-state index contributed by atoms with van der Waals surface area (Å²) in [5.41, 5.74) is 8.08. The highest BCUT2D eigenvalue weighted by Gasteiger charge is 2.29. The quantitative estimate of drug-likeness (QED) is 0.650. The molecule has 1 aliphatic heterocycles. The highest BCUT2D eigenvalue weighted by molar-refractivity contribution is 7.90. The molecular formula is C21H26N4O4S. The van der Waals surface area contributed by atoms with Crippen molar-refractivity contribution in [2.45, 2.75) is 30.7 Å². The molecule has 160 valence electrons. The molecule has 0 aliphatic carbocycles. The first kappa shape index (κ1) is 21.8. The first-order chi connectivity index (χ1) is 14.2. The van der Waals surface area contributed by atoms with Gasteiger partial charge in [-0.15, -0.1) is 0 Å². The van der Waals surface area contributed by atoms with E-state index in [9.17, 15) is 18.0 Å². The number of amides is 3. The fourth-order valence-corrected chi connectivity index (χ4v) is 4.11. The van der Waals surface area contributed by atoms with Crippen molar-refractivity contribution in [1.82, 2.24) is 4.90 Å². The molecule has 1 aliphatic rings. The van der Waals surface area contributed by atoms with Crippen LogP contribution in [0, 0.1) is 0 Å². The summed E-state index contributed by atoms with van der Waals surface area (Å²) in [6.45, 7) is 3.15. The molecule has 30 heavy (non-hydrogen) atoms. The number of nitrogens with one attached hydrogen (secondary N) is 2. The van der Waals surface area contributed by atoms with E-state index in [4.69, 9.17) is 5.73 Å². The van der Waals surface area contributed by atoms with Crippen molar-refractivity contribution in [2.75, 3.05) is 30.0 Å². The number of carbonyl (C=O) groups excluding carboxylic acids is 2. The van der Waals surface area contributed by atoms with Crippen LogP contribution in [-0.4, -0.2) is 50.6 Å². The number of sulfone groups is 1. The number of nitrogens with two attached hydrogens (primary N) is 1. The van der Waals surface area contributed by atoms with Gasteiger partial charge < -0.3 is 21.3 Å². The Morgan fingerprint density at radius 2 is 1.77 bits per heavy atom. The number of anilines is 2. The van der Waals surface area contributed by atoms with Gasteiger partial charge in [-0.2, -0.15) is 0 Å². The van der Waals surface area contributed by atoms with Gasteiger partial charge >= 0.3 is 6.03 Å². The number of fused-ring (bicyclic) bond motifs is 1. The number of hydrogen-bond donors (Lipinski definition) is 3. The molecule has 1 unspecified atom stereocenters. The Morgan fingerprint density at radius 3 is 2.40 bits per heavy atom. The molecule has 9 heteroatoms. The molecule has 0 spiro atoms. The zero-order chi connectivity index (χ0) is 21.9. The summed E-state index contributed by atoms with van der Waals surface area (Å²) in [7, 11) is -3.30. The fraction of sp³-hybridized carbons (Fsp3) is 0.333. The van der Waals surface area contributed by atoms with E-state index < -0.39 is 15.9 Å². The largest absolute Gasteiger partial charge is 0.336 e. The topological polar surface area (TPSA) is 122 Å². The standard InChI is InChI=1S/C21H26N4O4S/c1-14-12-15-4-5-17(13-19(15)20(26)25(14)11-3-10-22)24-21(27)23-16-6-8-18(9-7-16)30(2,28)29/h4-9,13-14H,3,10-12,22H2,1-2H3,(H2,23,24,27). The smallest absolute Gasteiger partial charge is 0.323 e. The van der Waals surface area contributed by atoms with Gasteiger partial charge in [0.2, 0.25) is 0 Å². The molecule has 3 rings (SSSR count). The van der Waals surface area contributed by atoms with E-state index in [0.29, 0.717) is 30.0 Å². The zero-order valence-electron chi connectivity index (χ0n) is 17.0. The summed E-state index contributed by atoms with van der Waals surface area (Å²) in [4.78, 5) is 27.2. The molecule has 2 aromatic rings. The fourth-order valence-electron chi connectivity index (χ4n) is 3.48. The third-order valence-corrected chi connectivity index (χ3v) is 6.18. The van der Waals surface area contributed by atoms with Gasteiger partial charge in [-0.05, 0) is 68.3 Å². The van der Waals surface area contributed by atoms with E-state index in [1.807, 2.05) is 17.9 Å². The summed E-state index contributed by atoms with van der Waals surface area (Å²) in [6.07, 6.45) is 2.62. The molecule has 0 bridgehead atoms. The number of hydrogen-bond acceptors (Lipinski definition) is 5. The second-order valence-electron chi connectivity index (χ2n) is 7.44. The molecule has 8 nitrogen and oxygen atoms in total. The van der Waals surface area contributed by atoms with Gasteiger partial charge in [0.05, 0.1) is 4.90 Å². The Kier molecular flexibility index (Phi) is 6.42. The van der Waals surface area contributed by atoms with Crippen LogP contribution in [0.25, 0.3) is 0 Å². The Hall–Kier alpha value is -2.91. The van der Waals surface area contributed by atoms with Crippen LogP contribution in [0.3, 0.4) is 0 Å². The van der Waals surface area contributed by atoms with Crippen molar-refractivity contribution in [1.29, 1.82) is 0 Å². The van der Waals surface area contributed by atoms with Crippen LogP contribution in [0.4, 0.5) is 16.2 Å². The van der Waals surface area contributed by atoms with Gasteiger partial charge in [0, 0.05) is 35.8 Å². The average molecular weight is 431 g/mol. The van der Waals surface area contributed by atoms with Crippen LogP contribution in [0.15, 0.2) is 47.4 Å². The number of carbonyl (C=O) groups is 2. The minimum atomic E-state index is -3.30. The van der Waals surface area contributed by atoms with E-state index >= 15 is 0 Å². The minimum Gasteiger partial charge on any atom is -0.336 e. The number of nitrogens with zero attached hydrogens (tertiary/aromatic N) is 1. The average Bonchev–Trinajstić information content (AvgIpc) is 2.68. The Bertz CT molecular complexity index is 1050. The van der Waals surface area contributed by atoms with Crippen LogP contribution >= 0.6 is 0 Å². The molecule has 3 amide bonds. The van der Waals surface area contributed by atoms with Crippen molar-refractivity contribution >= 4 is 33.2 Å². The van der Waals surface area contributed by atoms with E-state index in [0.717, 1.165) is 24.7 Å². The predicted molar refractivity (Wildman–Crippen MR) is 117 cm³/mol. The summed E-state index contributed by atoms with van der Waals surface area (Å²) in [5, 5.41) is 5.37. The third-order valence-electron chi connectivity index (χ3n) is 5.05. The van der Waals surface area contributed by atoms with Crippen LogP contribution < -0.4 is 16.4 Å². The maximum Gasteiger partial charge on any atom is 0.323 e. The number of benzene rings is 2. The Labute approximate surface area is 176 Å². The SMILES string of the molecule is CC1Cc2ccc(NC(=O)Nc3ccc(S(C)(=O)=O)cc3)cc2C(=O)N1CCCN. The second-order valence-corrected chi connectivity index (χ2v) is 9.46. The molecule has 0 saturated carbocycles. The lowest BCUT2D eigenvalue weighted by atomic mass is 9.93. The molecular weight excluding hydrogens is 404 g/mol. The summed E-state index contributed by atoms with van der Waals surface area (Å²) < 4.78 is 23.0. The Morgan fingerprint density at radius 1 is 1.13 bits per heavy atom. The van der Waals surface area contributed by atoms with Crippen LogP contribution in [0.5, 0.6) is 0 Å². The minimum absolute atomic E-state index is 0.0578. The van der Waals surface area contributed by atoms with E-state index in [1.54, 1.807) is 12.1 Å². The molecule has 0 saturated heterocycles. The van der Waals surface area contributed by atoms with E-state index in [2.05, 4.69) is 10.6 Å². The van der Waals surface area contributed by atoms with Gasteiger partial charge in [-0.1, -0.05) is 6.07 Å². The third kappa shape index (κ3) is 4.98. The lowest BCUT2D eigenvalue weighted by Gasteiger charge is -2.34. The van der Waals surface area contributed by atoms with Crippen LogP contribution in [-0.2, 0) is 16.3 Å². The van der Waals surface area contributed by atoms with Crippen molar-refractivity contribution in [3.8, 4) is 0 Å². The molecule has 0 aromatic heterocycles. The summed E-state index contributed by atoms with van der Waals surface area (Å²) >= 11 is 0. The van der Waals surface area contributed by atoms with Gasteiger partial charge in [0.1, 0.15) is 0 Å². The lowest BCUT2D eigenvalue weighted by molar-refractivity contribution is 0.0665. The van der Waals surface area contributed by atoms with E-state index in [-0.39, 0.29) is 16.8 Å². The number of rotatable bonds is 6. The van der Waals surface area contributed by atoms with Crippen molar-refractivity contribution in [3.63, 3.8) is 0 Å². The molecule has 0 fully saturated rings. The maximum absolute atomic E-state index is 12.9. The van der Waals surface area contributed by atoms with Crippen molar-refractivity contribution in [3.05, 3.63) is 53.6 Å². The van der Waals surface area contributed by atoms with Gasteiger partial charge in [0.25, 0.3) is 5.91 Å². The molecule has 1 atom stereocenters. The van der Waals surface area contributed by atoms with Gasteiger partial charge in [0.15, 0.2) is 9.84 Å². The Balaban J connectivity index is 1.70. The van der Waals surface area contributed by atoms with E-state index in [1.165, 1.54) is 24.3 Å². The monoisotopic (exact) mass is 430 g/mol. The molecule has 1 heterocycles. The summed E-state index contributed by atoms with van der Waals surface area (Å²) in [5.74, 6) is -0.0578. The highest BCUT2D eigenvalue weighted by Crippen LogP contribution is 2.26. The first-order valence-electron chi connectivity index (χ1n) is 9.71. The first-order valence-corrected chi connectivity index (χ1v) is 11.6. The molecule has 4 N–H and O–H groups in total.